The summed E-state index contributed by atoms with van der Waals surface area (Å²) in [6.07, 6.45) is 2.10. The number of hydrogen-bond acceptors (Lipinski definition) is 2. The van der Waals surface area contributed by atoms with E-state index in [1.807, 2.05) is 6.92 Å². The topological polar surface area (TPSA) is 74.6 Å². The van der Waals surface area contributed by atoms with E-state index in [-0.39, 0.29) is 12.8 Å². The standard InChI is InChI=1S/C7H12O4.C2H5Cl/c8-6(9)4-2-1-3-5-7(10)11;1-2-3/h1-5H2,(H,8,9)(H,10,11);2H2,1H3. The van der Waals surface area contributed by atoms with Crippen molar-refractivity contribution in [2.75, 3.05) is 5.88 Å². The minimum Gasteiger partial charge on any atom is -0.481 e. The lowest BCUT2D eigenvalue weighted by molar-refractivity contribution is -0.137. The van der Waals surface area contributed by atoms with E-state index < -0.39 is 11.9 Å². The molecule has 0 aromatic rings. The summed E-state index contributed by atoms with van der Waals surface area (Å²) in [7, 11) is 0. The van der Waals surface area contributed by atoms with Crippen LogP contribution in [0.3, 0.4) is 0 Å². The average Bonchev–Trinajstić information content (AvgIpc) is 2.04. The van der Waals surface area contributed by atoms with Crippen LogP contribution in [0.2, 0.25) is 0 Å². The van der Waals surface area contributed by atoms with Gasteiger partial charge in [-0.3, -0.25) is 9.59 Å². The highest BCUT2D eigenvalue weighted by Gasteiger charge is 1.98. The molecule has 0 aliphatic carbocycles. The molecule has 0 saturated heterocycles. The largest absolute Gasteiger partial charge is 0.481 e. The fourth-order valence-electron chi connectivity index (χ4n) is 0.729. The normalized spacial score (nSPS) is 8.71. The quantitative estimate of drug-likeness (QED) is 0.537. The molecular formula is C9H17ClO4. The van der Waals surface area contributed by atoms with Crippen LogP contribution in [0.4, 0.5) is 0 Å². The molecule has 0 rings (SSSR count). The zero-order valence-corrected chi connectivity index (χ0v) is 9.09. The first-order valence-corrected chi connectivity index (χ1v) is 5.07. The molecule has 0 aromatic carbocycles. The van der Waals surface area contributed by atoms with E-state index in [1.54, 1.807) is 0 Å². The molecule has 0 fully saturated rings. The lowest BCUT2D eigenvalue weighted by Crippen LogP contribution is -1.96. The second-order valence-corrected chi connectivity index (χ2v) is 3.15. The molecule has 0 amide bonds. The summed E-state index contributed by atoms with van der Waals surface area (Å²) >= 11 is 5.00. The fourth-order valence-corrected chi connectivity index (χ4v) is 0.729. The van der Waals surface area contributed by atoms with Gasteiger partial charge < -0.3 is 10.2 Å². The number of alkyl halides is 1. The highest BCUT2D eigenvalue weighted by atomic mass is 35.5. The third-order valence-corrected chi connectivity index (χ3v) is 1.28. The smallest absolute Gasteiger partial charge is 0.303 e. The van der Waals surface area contributed by atoms with Crippen molar-refractivity contribution in [3.8, 4) is 0 Å². The SMILES string of the molecule is CCCl.O=C(O)CCCCCC(=O)O. The molecule has 0 radical (unpaired) electrons. The Bertz CT molecular complexity index is 143. The summed E-state index contributed by atoms with van der Waals surface area (Å²) in [6.45, 7) is 1.89. The number of hydrogen-bond donors (Lipinski definition) is 2. The van der Waals surface area contributed by atoms with E-state index in [9.17, 15) is 9.59 Å². The number of carbonyl (C=O) groups is 2. The summed E-state index contributed by atoms with van der Waals surface area (Å²) in [5.41, 5.74) is 0. The van der Waals surface area contributed by atoms with Gasteiger partial charge in [0.05, 0.1) is 0 Å². The van der Waals surface area contributed by atoms with Gasteiger partial charge in [-0.1, -0.05) is 13.3 Å². The predicted octanol–water partition coefficient (Wildman–Crippen LogP) is 2.35. The third-order valence-electron chi connectivity index (χ3n) is 1.28. The van der Waals surface area contributed by atoms with E-state index in [2.05, 4.69) is 0 Å². The molecular weight excluding hydrogens is 208 g/mol. The van der Waals surface area contributed by atoms with Crippen molar-refractivity contribution in [3.63, 3.8) is 0 Å². The molecule has 0 heterocycles. The van der Waals surface area contributed by atoms with Crippen LogP contribution in [-0.4, -0.2) is 28.0 Å². The Balaban J connectivity index is 0. The summed E-state index contributed by atoms with van der Waals surface area (Å²) in [5, 5.41) is 16.4. The minimum absolute atomic E-state index is 0.139. The summed E-state index contributed by atoms with van der Waals surface area (Å²) < 4.78 is 0. The van der Waals surface area contributed by atoms with Crippen molar-refractivity contribution in [2.24, 2.45) is 0 Å². The van der Waals surface area contributed by atoms with Crippen molar-refractivity contribution in [1.82, 2.24) is 0 Å². The van der Waals surface area contributed by atoms with Gasteiger partial charge in [0.1, 0.15) is 0 Å². The predicted molar refractivity (Wildman–Crippen MR) is 54.8 cm³/mol. The van der Waals surface area contributed by atoms with Gasteiger partial charge in [-0.2, -0.15) is 0 Å². The van der Waals surface area contributed by atoms with Crippen LogP contribution in [0, 0.1) is 0 Å². The van der Waals surface area contributed by atoms with Crippen LogP contribution in [0.15, 0.2) is 0 Å². The lowest BCUT2D eigenvalue weighted by atomic mass is 10.1. The zero-order chi connectivity index (χ0) is 11.4. The first kappa shape index (κ1) is 15.7. The highest BCUT2D eigenvalue weighted by molar-refractivity contribution is 6.17. The van der Waals surface area contributed by atoms with E-state index in [0.29, 0.717) is 19.3 Å². The van der Waals surface area contributed by atoms with E-state index in [4.69, 9.17) is 21.8 Å². The van der Waals surface area contributed by atoms with Gasteiger partial charge in [0, 0.05) is 18.7 Å². The number of carboxylic acid groups (broad SMARTS) is 2. The van der Waals surface area contributed by atoms with E-state index in [0.717, 1.165) is 5.88 Å². The van der Waals surface area contributed by atoms with Gasteiger partial charge in [-0.15, -0.1) is 11.6 Å². The molecule has 0 aliphatic heterocycles. The van der Waals surface area contributed by atoms with Crippen LogP contribution in [0.5, 0.6) is 0 Å². The molecule has 0 saturated carbocycles. The number of aliphatic carboxylic acids is 2. The Kier molecular flexibility index (Phi) is 13.7. The second kappa shape index (κ2) is 12.2. The molecule has 84 valence electrons. The van der Waals surface area contributed by atoms with Crippen molar-refractivity contribution < 1.29 is 19.8 Å². The van der Waals surface area contributed by atoms with Crippen molar-refractivity contribution >= 4 is 23.5 Å². The van der Waals surface area contributed by atoms with Crippen LogP contribution in [-0.2, 0) is 9.59 Å². The Morgan fingerprint density at radius 2 is 1.29 bits per heavy atom. The highest BCUT2D eigenvalue weighted by Crippen LogP contribution is 2.02. The summed E-state index contributed by atoms with van der Waals surface area (Å²) in [4.78, 5) is 20.0. The van der Waals surface area contributed by atoms with Gasteiger partial charge in [0.2, 0.25) is 0 Å². The maximum Gasteiger partial charge on any atom is 0.303 e. The zero-order valence-electron chi connectivity index (χ0n) is 8.33. The maximum atomic E-state index is 9.98. The number of carboxylic acids is 2. The number of halogens is 1. The van der Waals surface area contributed by atoms with Gasteiger partial charge in [-0.25, -0.2) is 0 Å². The van der Waals surface area contributed by atoms with Gasteiger partial charge in [0.15, 0.2) is 0 Å². The lowest BCUT2D eigenvalue weighted by Gasteiger charge is -1.94. The van der Waals surface area contributed by atoms with Gasteiger partial charge >= 0.3 is 11.9 Å². The third kappa shape index (κ3) is 22.5. The van der Waals surface area contributed by atoms with Crippen molar-refractivity contribution in [1.29, 1.82) is 0 Å². The first-order chi connectivity index (χ1) is 6.54. The molecule has 0 bridgehead atoms. The minimum atomic E-state index is -0.819. The van der Waals surface area contributed by atoms with E-state index in [1.165, 1.54) is 0 Å². The summed E-state index contributed by atoms with van der Waals surface area (Å²) in [5.74, 6) is -0.916. The van der Waals surface area contributed by atoms with E-state index >= 15 is 0 Å². The molecule has 14 heavy (non-hydrogen) atoms. The number of unbranched alkanes of at least 4 members (excludes halogenated alkanes) is 2. The monoisotopic (exact) mass is 224 g/mol. The first-order valence-electron chi connectivity index (χ1n) is 4.54. The van der Waals surface area contributed by atoms with Crippen LogP contribution in [0.25, 0.3) is 0 Å². The molecule has 0 spiro atoms. The van der Waals surface area contributed by atoms with Gasteiger partial charge in [0.25, 0.3) is 0 Å². The molecule has 4 nitrogen and oxygen atoms in total. The Hall–Kier alpha value is -0.770. The number of rotatable bonds is 6. The van der Waals surface area contributed by atoms with Crippen molar-refractivity contribution in [3.05, 3.63) is 0 Å². The Morgan fingerprint density at radius 1 is 1.00 bits per heavy atom. The van der Waals surface area contributed by atoms with Gasteiger partial charge in [-0.05, 0) is 12.8 Å². The molecule has 5 heteroatoms. The van der Waals surface area contributed by atoms with Crippen LogP contribution < -0.4 is 0 Å². The van der Waals surface area contributed by atoms with Crippen LogP contribution in [0.1, 0.15) is 39.0 Å². The molecule has 2 N–H and O–H groups in total. The fraction of sp³-hybridized carbons (Fsp3) is 0.778. The maximum absolute atomic E-state index is 9.98. The Labute approximate surface area is 88.9 Å². The average molecular weight is 225 g/mol. The Morgan fingerprint density at radius 3 is 1.50 bits per heavy atom. The second-order valence-electron chi connectivity index (χ2n) is 2.62. The summed E-state index contributed by atoms with van der Waals surface area (Å²) in [6, 6.07) is 0. The molecule has 0 aromatic heterocycles. The van der Waals surface area contributed by atoms with Crippen molar-refractivity contribution in [2.45, 2.75) is 39.0 Å². The molecule has 0 unspecified atom stereocenters. The van der Waals surface area contributed by atoms with Crippen LogP contribution >= 0.6 is 11.6 Å². The molecule has 0 atom stereocenters. The molecule has 0 aliphatic rings.